The molecule has 0 aliphatic carbocycles. The molecular formula is C15H19N3O2. The van der Waals surface area contributed by atoms with Crippen molar-refractivity contribution in [2.75, 3.05) is 0 Å². The van der Waals surface area contributed by atoms with Crippen LogP contribution in [-0.2, 0) is 6.54 Å². The number of benzene rings is 1. The molecule has 20 heavy (non-hydrogen) atoms. The molecule has 2 N–H and O–H groups in total. The average molecular weight is 273 g/mol. The molecule has 1 unspecified atom stereocenters. The number of amides is 2. The van der Waals surface area contributed by atoms with Gasteiger partial charge in [0, 0.05) is 12.1 Å². The molecule has 0 saturated carbocycles. The normalized spacial score (nSPS) is 11.9. The minimum atomic E-state index is -0.207. The Balaban J connectivity index is 1.87. The van der Waals surface area contributed by atoms with E-state index in [2.05, 4.69) is 15.8 Å². The predicted octanol–water partition coefficient (Wildman–Crippen LogP) is 2.85. The van der Waals surface area contributed by atoms with E-state index in [4.69, 9.17) is 4.52 Å². The van der Waals surface area contributed by atoms with Gasteiger partial charge in [-0.05, 0) is 26.3 Å². The predicted molar refractivity (Wildman–Crippen MR) is 76.2 cm³/mol. The Morgan fingerprint density at radius 2 is 2.00 bits per heavy atom. The van der Waals surface area contributed by atoms with Crippen molar-refractivity contribution < 1.29 is 9.32 Å². The molecule has 1 heterocycles. The van der Waals surface area contributed by atoms with Gasteiger partial charge in [0.15, 0.2) is 0 Å². The van der Waals surface area contributed by atoms with Crippen LogP contribution in [0.2, 0.25) is 0 Å². The van der Waals surface area contributed by atoms with Crippen molar-refractivity contribution in [2.45, 2.75) is 33.4 Å². The van der Waals surface area contributed by atoms with Gasteiger partial charge in [0.1, 0.15) is 5.76 Å². The maximum Gasteiger partial charge on any atom is 0.315 e. The van der Waals surface area contributed by atoms with Gasteiger partial charge < -0.3 is 15.2 Å². The summed E-state index contributed by atoms with van der Waals surface area (Å²) in [4.78, 5) is 11.9. The third-order valence-corrected chi connectivity index (χ3v) is 3.25. The second-order valence-corrected chi connectivity index (χ2v) is 4.76. The van der Waals surface area contributed by atoms with Gasteiger partial charge in [-0.15, -0.1) is 0 Å². The van der Waals surface area contributed by atoms with Crippen molar-refractivity contribution in [3.05, 3.63) is 52.9 Å². The van der Waals surface area contributed by atoms with Crippen LogP contribution in [0.3, 0.4) is 0 Å². The van der Waals surface area contributed by atoms with Crippen LogP contribution in [0.5, 0.6) is 0 Å². The fourth-order valence-electron chi connectivity index (χ4n) is 2.00. The second kappa shape index (κ2) is 6.23. The van der Waals surface area contributed by atoms with E-state index in [1.54, 1.807) is 0 Å². The molecule has 0 aliphatic heterocycles. The molecule has 0 aliphatic rings. The van der Waals surface area contributed by atoms with Gasteiger partial charge in [-0.25, -0.2) is 4.79 Å². The van der Waals surface area contributed by atoms with Crippen LogP contribution < -0.4 is 10.6 Å². The number of aryl methyl sites for hydroxylation is 2. The van der Waals surface area contributed by atoms with E-state index in [9.17, 15) is 4.79 Å². The first-order valence-electron chi connectivity index (χ1n) is 6.59. The number of carbonyl (C=O) groups excluding carboxylic acids is 1. The molecule has 1 atom stereocenters. The number of urea groups is 1. The molecule has 2 amide bonds. The summed E-state index contributed by atoms with van der Waals surface area (Å²) in [5.74, 6) is 0.735. The lowest BCUT2D eigenvalue weighted by atomic mass is 10.1. The summed E-state index contributed by atoms with van der Waals surface area (Å²) in [5, 5.41) is 9.57. The van der Waals surface area contributed by atoms with E-state index in [1.165, 1.54) is 0 Å². The van der Waals surface area contributed by atoms with Crippen LogP contribution in [0.1, 0.15) is 35.5 Å². The van der Waals surface area contributed by atoms with Crippen molar-refractivity contribution in [3.8, 4) is 0 Å². The first-order chi connectivity index (χ1) is 9.58. The Hall–Kier alpha value is -2.30. The lowest BCUT2D eigenvalue weighted by molar-refractivity contribution is 0.237. The molecule has 2 aromatic rings. The van der Waals surface area contributed by atoms with E-state index in [-0.39, 0.29) is 12.1 Å². The van der Waals surface area contributed by atoms with Crippen LogP contribution in [0.25, 0.3) is 0 Å². The number of aromatic nitrogens is 1. The van der Waals surface area contributed by atoms with Gasteiger partial charge >= 0.3 is 6.03 Å². The third kappa shape index (κ3) is 3.38. The summed E-state index contributed by atoms with van der Waals surface area (Å²) >= 11 is 0. The van der Waals surface area contributed by atoms with Gasteiger partial charge in [0.05, 0.1) is 11.7 Å². The minimum Gasteiger partial charge on any atom is -0.361 e. The van der Waals surface area contributed by atoms with Gasteiger partial charge in [0.2, 0.25) is 0 Å². The van der Waals surface area contributed by atoms with Crippen molar-refractivity contribution in [2.24, 2.45) is 0 Å². The molecule has 5 nitrogen and oxygen atoms in total. The van der Waals surface area contributed by atoms with E-state index in [0.717, 1.165) is 22.6 Å². The summed E-state index contributed by atoms with van der Waals surface area (Å²) in [6.45, 7) is 6.05. The number of hydrogen-bond donors (Lipinski definition) is 2. The second-order valence-electron chi connectivity index (χ2n) is 4.76. The molecule has 2 rings (SSSR count). The Morgan fingerprint density at radius 1 is 1.30 bits per heavy atom. The van der Waals surface area contributed by atoms with Crippen LogP contribution in [0, 0.1) is 13.8 Å². The largest absolute Gasteiger partial charge is 0.361 e. The van der Waals surface area contributed by atoms with Crippen molar-refractivity contribution in [3.63, 3.8) is 0 Å². The summed E-state index contributed by atoms with van der Waals surface area (Å²) in [6, 6.07) is 9.58. The van der Waals surface area contributed by atoms with Crippen molar-refractivity contribution in [1.82, 2.24) is 15.8 Å². The topological polar surface area (TPSA) is 67.2 Å². The van der Waals surface area contributed by atoms with Crippen molar-refractivity contribution in [1.29, 1.82) is 0 Å². The maximum absolute atomic E-state index is 11.9. The molecule has 106 valence electrons. The highest BCUT2D eigenvalue weighted by Gasteiger charge is 2.12. The smallest absolute Gasteiger partial charge is 0.315 e. The fourth-order valence-corrected chi connectivity index (χ4v) is 2.00. The zero-order chi connectivity index (χ0) is 14.5. The molecule has 0 fully saturated rings. The maximum atomic E-state index is 11.9. The molecule has 0 radical (unpaired) electrons. The van der Waals surface area contributed by atoms with E-state index in [1.807, 2.05) is 51.1 Å². The lowest BCUT2D eigenvalue weighted by Crippen LogP contribution is -2.36. The highest BCUT2D eigenvalue weighted by Crippen LogP contribution is 2.12. The Labute approximate surface area is 118 Å². The molecule has 1 aromatic carbocycles. The molecule has 0 bridgehead atoms. The summed E-state index contributed by atoms with van der Waals surface area (Å²) in [7, 11) is 0. The third-order valence-electron chi connectivity index (χ3n) is 3.25. The highest BCUT2D eigenvalue weighted by molar-refractivity contribution is 5.74. The van der Waals surface area contributed by atoms with Crippen LogP contribution in [0.15, 0.2) is 34.9 Å². The van der Waals surface area contributed by atoms with E-state index < -0.39 is 0 Å². The Bertz CT molecular complexity index is 559. The minimum absolute atomic E-state index is 0.0409. The number of nitrogens with zero attached hydrogens (tertiary/aromatic N) is 1. The zero-order valence-corrected chi connectivity index (χ0v) is 11.9. The number of rotatable bonds is 4. The summed E-state index contributed by atoms with van der Waals surface area (Å²) in [6.07, 6.45) is 0. The average Bonchev–Trinajstić information content (AvgIpc) is 2.77. The summed E-state index contributed by atoms with van der Waals surface area (Å²) in [5.41, 5.74) is 2.80. The molecular weight excluding hydrogens is 254 g/mol. The quantitative estimate of drug-likeness (QED) is 0.900. The first-order valence-corrected chi connectivity index (χ1v) is 6.59. The molecule has 1 aromatic heterocycles. The van der Waals surface area contributed by atoms with E-state index in [0.29, 0.717) is 6.54 Å². The number of carbonyl (C=O) groups is 1. The first kappa shape index (κ1) is 14.1. The lowest BCUT2D eigenvalue weighted by Gasteiger charge is -2.14. The SMILES string of the molecule is Cc1noc(C)c1CNC(=O)NC(C)c1ccccc1. The van der Waals surface area contributed by atoms with Crippen molar-refractivity contribution >= 4 is 6.03 Å². The van der Waals surface area contributed by atoms with Gasteiger partial charge in [-0.1, -0.05) is 35.5 Å². The molecule has 0 saturated heterocycles. The number of hydrogen-bond acceptors (Lipinski definition) is 3. The van der Waals surface area contributed by atoms with E-state index >= 15 is 0 Å². The Kier molecular flexibility index (Phi) is 4.40. The van der Waals surface area contributed by atoms with Gasteiger partial charge in [0.25, 0.3) is 0 Å². The van der Waals surface area contributed by atoms with Gasteiger partial charge in [-0.2, -0.15) is 0 Å². The van der Waals surface area contributed by atoms with Crippen LogP contribution >= 0.6 is 0 Å². The van der Waals surface area contributed by atoms with Crippen LogP contribution in [-0.4, -0.2) is 11.2 Å². The van der Waals surface area contributed by atoms with Gasteiger partial charge in [-0.3, -0.25) is 0 Å². The highest BCUT2D eigenvalue weighted by atomic mass is 16.5. The molecule has 0 spiro atoms. The number of nitrogens with one attached hydrogen (secondary N) is 2. The monoisotopic (exact) mass is 273 g/mol. The summed E-state index contributed by atoms with van der Waals surface area (Å²) < 4.78 is 5.06. The Morgan fingerprint density at radius 3 is 2.60 bits per heavy atom. The zero-order valence-electron chi connectivity index (χ0n) is 11.9. The standard InChI is InChI=1S/C15H19N3O2/c1-10(13-7-5-4-6-8-13)17-15(19)16-9-14-11(2)18-20-12(14)3/h4-8,10H,9H2,1-3H3,(H2,16,17,19). The van der Waals surface area contributed by atoms with Crippen LogP contribution in [0.4, 0.5) is 4.79 Å². The fraction of sp³-hybridized carbons (Fsp3) is 0.333. The molecule has 5 heteroatoms.